The predicted octanol–water partition coefficient (Wildman–Crippen LogP) is 4.12. The molecule has 1 N–H and O–H groups in total. The van der Waals surface area contributed by atoms with Crippen molar-refractivity contribution >= 4 is 27.3 Å². The van der Waals surface area contributed by atoms with Crippen LogP contribution in [0.5, 0.6) is 0 Å². The molecule has 0 aliphatic rings. The summed E-state index contributed by atoms with van der Waals surface area (Å²) in [6, 6.07) is 12.8. The lowest BCUT2D eigenvalue weighted by Gasteiger charge is -2.07. The average Bonchev–Trinajstić information content (AvgIpc) is 2.49. The van der Waals surface area contributed by atoms with Crippen molar-refractivity contribution < 1.29 is 9.66 Å². The molecule has 0 aromatic heterocycles. The highest BCUT2D eigenvalue weighted by Gasteiger charge is 2.12. The zero-order valence-electron chi connectivity index (χ0n) is 11.5. The molecule has 0 aliphatic heterocycles. The predicted molar refractivity (Wildman–Crippen MR) is 85.3 cm³/mol. The standard InChI is InChI=1S/C15H15BrN2O3/c1-17-14-8-12(4-7-15(14)18(19)20)10-21-9-11-2-5-13(16)6-3-11/h2-8,17H,9-10H2,1H3. The molecular weight excluding hydrogens is 336 g/mol. The Morgan fingerprint density at radius 3 is 2.38 bits per heavy atom. The number of nitro benzene ring substituents is 1. The molecular formula is C15H15BrN2O3. The van der Waals surface area contributed by atoms with Crippen molar-refractivity contribution in [3.8, 4) is 0 Å². The summed E-state index contributed by atoms with van der Waals surface area (Å²) in [7, 11) is 1.66. The lowest BCUT2D eigenvalue weighted by molar-refractivity contribution is -0.384. The number of hydrogen-bond acceptors (Lipinski definition) is 4. The van der Waals surface area contributed by atoms with E-state index in [-0.39, 0.29) is 5.69 Å². The summed E-state index contributed by atoms with van der Waals surface area (Å²) in [4.78, 5) is 10.4. The number of nitrogens with zero attached hydrogens (tertiary/aromatic N) is 1. The minimum absolute atomic E-state index is 0.0640. The van der Waals surface area contributed by atoms with E-state index < -0.39 is 4.92 Å². The van der Waals surface area contributed by atoms with Gasteiger partial charge >= 0.3 is 0 Å². The van der Waals surface area contributed by atoms with Crippen molar-refractivity contribution in [2.24, 2.45) is 0 Å². The van der Waals surface area contributed by atoms with Crippen LogP contribution < -0.4 is 5.32 Å². The molecule has 0 fully saturated rings. The molecule has 6 heteroatoms. The normalized spacial score (nSPS) is 10.4. The van der Waals surface area contributed by atoms with Gasteiger partial charge in [-0.25, -0.2) is 0 Å². The molecule has 0 aliphatic carbocycles. The van der Waals surface area contributed by atoms with Crippen molar-refractivity contribution in [3.05, 3.63) is 68.2 Å². The minimum atomic E-state index is -0.404. The SMILES string of the molecule is CNc1cc(COCc2ccc(Br)cc2)ccc1[N+](=O)[O-]. The third-order valence-corrected chi connectivity index (χ3v) is 3.51. The van der Waals surface area contributed by atoms with E-state index in [9.17, 15) is 10.1 Å². The first kappa shape index (κ1) is 15.5. The molecule has 0 amide bonds. The average molecular weight is 351 g/mol. The topological polar surface area (TPSA) is 64.4 Å². The van der Waals surface area contributed by atoms with Gasteiger partial charge in [0.15, 0.2) is 0 Å². The van der Waals surface area contributed by atoms with Gasteiger partial charge in [-0.1, -0.05) is 28.1 Å². The Morgan fingerprint density at radius 1 is 1.14 bits per heavy atom. The molecule has 5 nitrogen and oxygen atoms in total. The molecule has 0 heterocycles. The van der Waals surface area contributed by atoms with Gasteiger partial charge in [0.2, 0.25) is 0 Å². The third kappa shape index (κ3) is 4.27. The summed E-state index contributed by atoms with van der Waals surface area (Å²) in [5, 5.41) is 13.7. The fourth-order valence-corrected chi connectivity index (χ4v) is 2.16. The van der Waals surface area contributed by atoms with Crippen LogP contribution in [0.2, 0.25) is 0 Å². The van der Waals surface area contributed by atoms with Crippen LogP contribution in [-0.2, 0) is 18.0 Å². The molecule has 21 heavy (non-hydrogen) atoms. The molecule has 110 valence electrons. The Labute approximate surface area is 131 Å². The van der Waals surface area contributed by atoms with E-state index in [4.69, 9.17) is 4.74 Å². The van der Waals surface area contributed by atoms with E-state index in [2.05, 4.69) is 21.2 Å². The maximum Gasteiger partial charge on any atom is 0.292 e. The Balaban J connectivity index is 1.97. The first-order chi connectivity index (χ1) is 10.1. The number of rotatable bonds is 6. The van der Waals surface area contributed by atoms with Gasteiger partial charge in [-0.3, -0.25) is 10.1 Å². The monoisotopic (exact) mass is 350 g/mol. The molecule has 0 atom stereocenters. The number of hydrogen-bond donors (Lipinski definition) is 1. The smallest absolute Gasteiger partial charge is 0.292 e. The van der Waals surface area contributed by atoms with Gasteiger partial charge in [-0.05, 0) is 35.4 Å². The Hall–Kier alpha value is -1.92. The number of anilines is 1. The van der Waals surface area contributed by atoms with Crippen molar-refractivity contribution in [1.29, 1.82) is 0 Å². The summed E-state index contributed by atoms with van der Waals surface area (Å²) < 4.78 is 6.66. The van der Waals surface area contributed by atoms with Crippen LogP contribution in [0, 0.1) is 10.1 Å². The van der Waals surface area contributed by atoms with E-state index in [1.807, 2.05) is 24.3 Å². The fraction of sp³-hybridized carbons (Fsp3) is 0.200. The molecule has 2 aromatic carbocycles. The molecule has 0 saturated heterocycles. The summed E-state index contributed by atoms with van der Waals surface area (Å²) >= 11 is 3.38. The quantitative estimate of drug-likeness (QED) is 0.628. The summed E-state index contributed by atoms with van der Waals surface area (Å²) in [5.74, 6) is 0. The number of nitrogens with one attached hydrogen (secondary N) is 1. The lowest BCUT2D eigenvalue weighted by atomic mass is 10.2. The first-order valence-corrected chi connectivity index (χ1v) is 7.16. The van der Waals surface area contributed by atoms with Gasteiger partial charge in [-0.2, -0.15) is 0 Å². The van der Waals surface area contributed by atoms with Gasteiger partial charge in [0.25, 0.3) is 5.69 Å². The summed E-state index contributed by atoms with van der Waals surface area (Å²) in [6.07, 6.45) is 0. The largest absolute Gasteiger partial charge is 0.383 e. The highest BCUT2D eigenvalue weighted by molar-refractivity contribution is 9.10. The van der Waals surface area contributed by atoms with Gasteiger partial charge in [-0.15, -0.1) is 0 Å². The Morgan fingerprint density at radius 2 is 1.76 bits per heavy atom. The van der Waals surface area contributed by atoms with E-state index in [1.165, 1.54) is 6.07 Å². The fourth-order valence-electron chi connectivity index (χ4n) is 1.90. The van der Waals surface area contributed by atoms with Gasteiger partial charge in [0.1, 0.15) is 5.69 Å². The molecule has 0 bridgehead atoms. The van der Waals surface area contributed by atoms with Crippen LogP contribution in [0.25, 0.3) is 0 Å². The lowest BCUT2D eigenvalue weighted by Crippen LogP contribution is -1.99. The highest BCUT2D eigenvalue weighted by Crippen LogP contribution is 2.25. The second-order valence-corrected chi connectivity index (χ2v) is 5.39. The Kier molecular flexibility index (Phi) is 5.30. The minimum Gasteiger partial charge on any atom is -0.383 e. The summed E-state index contributed by atoms with van der Waals surface area (Å²) in [5.41, 5.74) is 2.52. The van der Waals surface area contributed by atoms with E-state index in [0.717, 1.165) is 15.6 Å². The maximum atomic E-state index is 10.8. The number of nitro groups is 1. The van der Waals surface area contributed by atoms with E-state index >= 15 is 0 Å². The van der Waals surface area contributed by atoms with Crippen LogP contribution in [0.1, 0.15) is 11.1 Å². The molecule has 2 aromatic rings. The van der Waals surface area contributed by atoms with Crippen LogP contribution in [0.3, 0.4) is 0 Å². The molecule has 0 spiro atoms. The van der Waals surface area contributed by atoms with Crippen molar-refractivity contribution in [2.75, 3.05) is 12.4 Å². The van der Waals surface area contributed by atoms with Crippen molar-refractivity contribution in [2.45, 2.75) is 13.2 Å². The second kappa shape index (κ2) is 7.19. The molecule has 0 radical (unpaired) electrons. The summed E-state index contributed by atoms with van der Waals surface area (Å²) in [6.45, 7) is 0.905. The van der Waals surface area contributed by atoms with Crippen molar-refractivity contribution in [1.82, 2.24) is 0 Å². The maximum absolute atomic E-state index is 10.8. The van der Waals surface area contributed by atoms with Gasteiger partial charge < -0.3 is 10.1 Å². The zero-order chi connectivity index (χ0) is 15.2. The van der Waals surface area contributed by atoms with Crippen LogP contribution >= 0.6 is 15.9 Å². The molecule has 0 unspecified atom stereocenters. The van der Waals surface area contributed by atoms with Crippen LogP contribution in [0.15, 0.2) is 46.9 Å². The first-order valence-electron chi connectivity index (χ1n) is 6.37. The van der Waals surface area contributed by atoms with E-state index in [0.29, 0.717) is 18.9 Å². The zero-order valence-corrected chi connectivity index (χ0v) is 13.1. The molecule has 2 rings (SSSR count). The number of halogens is 1. The number of benzene rings is 2. The third-order valence-electron chi connectivity index (χ3n) is 2.98. The van der Waals surface area contributed by atoms with Crippen LogP contribution in [-0.4, -0.2) is 12.0 Å². The Bertz CT molecular complexity index is 629. The van der Waals surface area contributed by atoms with Crippen LogP contribution in [0.4, 0.5) is 11.4 Å². The van der Waals surface area contributed by atoms with Crippen molar-refractivity contribution in [3.63, 3.8) is 0 Å². The van der Waals surface area contributed by atoms with Gasteiger partial charge in [0, 0.05) is 17.6 Å². The van der Waals surface area contributed by atoms with E-state index in [1.54, 1.807) is 19.2 Å². The second-order valence-electron chi connectivity index (χ2n) is 4.48. The molecule has 0 saturated carbocycles. The van der Waals surface area contributed by atoms with Gasteiger partial charge in [0.05, 0.1) is 18.1 Å². The highest BCUT2D eigenvalue weighted by atomic mass is 79.9. The number of ether oxygens (including phenoxy) is 1.